The molecule has 1 atom stereocenters. The smallest absolute Gasteiger partial charge is 0.323 e. The number of nitrogens with one attached hydrogen (secondary N) is 1. The number of terminal acetylenes is 1. The van der Waals surface area contributed by atoms with Gasteiger partial charge in [-0.3, -0.25) is 9.63 Å². The summed E-state index contributed by atoms with van der Waals surface area (Å²) in [6.45, 7) is 0.0519. The van der Waals surface area contributed by atoms with Crippen molar-refractivity contribution in [3.8, 4) is 12.3 Å². The van der Waals surface area contributed by atoms with Gasteiger partial charge in [-0.25, -0.2) is 0 Å². The maximum absolute atomic E-state index is 10.5. The fourth-order valence-corrected chi connectivity index (χ4v) is 0.804. The highest BCUT2D eigenvalue weighted by Gasteiger charge is 2.15. The van der Waals surface area contributed by atoms with Gasteiger partial charge in [0.2, 0.25) is 0 Å². The minimum atomic E-state index is -0.971. The van der Waals surface area contributed by atoms with E-state index in [-0.39, 0.29) is 6.61 Å². The third-order valence-electron chi connectivity index (χ3n) is 1.10. The highest BCUT2D eigenvalue weighted by molar-refractivity contribution is 7.80. The summed E-state index contributed by atoms with van der Waals surface area (Å²) in [5.41, 5.74) is 2.33. The van der Waals surface area contributed by atoms with Gasteiger partial charge in [0.25, 0.3) is 0 Å². The highest BCUT2D eigenvalue weighted by atomic mass is 32.1. The van der Waals surface area contributed by atoms with E-state index in [9.17, 15) is 4.79 Å². The van der Waals surface area contributed by atoms with Crippen LogP contribution in [0.25, 0.3) is 0 Å². The summed E-state index contributed by atoms with van der Waals surface area (Å²) in [6, 6.07) is -0.740. The summed E-state index contributed by atoms with van der Waals surface area (Å²) >= 11 is 3.90. The van der Waals surface area contributed by atoms with E-state index < -0.39 is 12.0 Å². The van der Waals surface area contributed by atoms with Gasteiger partial charge in [0.1, 0.15) is 12.6 Å². The number of aliphatic carboxylic acids is 1. The second-order valence-corrected chi connectivity index (χ2v) is 2.46. The predicted octanol–water partition coefficient (Wildman–Crippen LogP) is -0.0861. The topological polar surface area (TPSA) is 58.6 Å². The molecule has 68 valence electrons. The van der Waals surface area contributed by atoms with E-state index in [1.807, 2.05) is 0 Å². The lowest BCUT2D eigenvalue weighted by Gasteiger charge is -2.11. The molecule has 4 nitrogen and oxygen atoms in total. The Balaban J connectivity index is 3.65. The monoisotopic (exact) mass is 189 g/mol. The zero-order valence-electron chi connectivity index (χ0n) is 6.49. The Morgan fingerprint density at radius 1 is 1.83 bits per heavy atom. The van der Waals surface area contributed by atoms with Crippen LogP contribution in [0, 0.1) is 12.3 Å². The first kappa shape index (κ1) is 11.3. The summed E-state index contributed by atoms with van der Waals surface area (Å²) in [6.07, 6.45) is 5.28. The molecule has 0 aromatic heterocycles. The molecule has 0 aromatic rings. The van der Waals surface area contributed by atoms with Crippen LogP contribution in [0.1, 0.15) is 6.42 Å². The van der Waals surface area contributed by atoms with Gasteiger partial charge in [-0.1, -0.05) is 5.92 Å². The second kappa shape index (κ2) is 6.98. The molecule has 0 aliphatic rings. The maximum atomic E-state index is 10.5. The molecular formula is C7H11NO3S. The Kier molecular flexibility index (Phi) is 6.57. The van der Waals surface area contributed by atoms with Gasteiger partial charge in [-0.05, 0) is 12.2 Å². The van der Waals surface area contributed by atoms with Gasteiger partial charge >= 0.3 is 5.97 Å². The number of rotatable bonds is 6. The maximum Gasteiger partial charge on any atom is 0.323 e. The summed E-state index contributed by atoms with van der Waals surface area (Å²) in [5.74, 6) is 1.71. The fraction of sp³-hybridized carbons (Fsp3) is 0.571. The molecule has 0 heterocycles. The fourth-order valence-electron chi connectivity index (χ4n) is 0.546. The van der Waals surface area contributed by atoms with E-state index in [0.29, 0.717) is 12.2 Å². The number of carbonyl (C=O) groups is 1. The Labute approximate surface area is 76.7 Å². The Hall–Kier alpha value is -0.700. The summed E-state index contributed by atoms with van der Waals surface area (Å²) < 4.78 is 0. The number of hydrogen-bond acceptors (Lipinski definition) is 4. The SMILES string of the molecule is C#CCON[C@@H](CCS)C(=O)O. The van der Waals surface area contributed by atoms with E-state index >= 15 is 0 Å². The van der Waals surface area contributed by atoms with Crippen LogP contribution in [-0.2, 0) is 9.63 Å². The van der Waals surface area contributed by atoms with Crippen molar-refractivity contribution in [2.24, 2.45) is 0 Å². The van der Waals surface area contributed by atoms with E-state index in [2.05, 4.69) is 28.9 Å². The molecule has 0 aromatic carbocycles. The zero-order chi connectivity index (χ0) is 9.40. The molecular weight excluding hydrogens is 178 g/mol. The molecule has 0 unspecified atom stereocenters. The molecule has 12 heavy (non-hydrogen) atoms. The van der Waals surface area contributed by atoms with Crippen LogP contribution in [0.15, 0.2) is 0 Å². The second-order valence-electron chi connectivity index (χ2n) is 2.01. The Morgan fingerprint density at radius 3 is 2.92 bits per heavy atom. The van der Waals surface area contributed by atoms with Crippen LogP contribution in [0.2, 0.25) is 0 Å². The molecule has 0 fully saturated rings. The average Bonchev–Trinajstić information content (AvgIpc) is 2.03. The molecule has 0 spiro atoms. The number of hydrogen-bond donors (Lipinski definition) is 3. The highest BCUT2D eigenvalue weighted by Crippen LogP contribution is 1.94. The standard InChI is InChI=1S/C7H11NO3S/c1-2-4-11-8-6(3-5-12)7(9)10/h1,6,8,12H,3-5H2,(H,9,10)/t6-/m0/s1. The quantitative estimate of drug-likeness (QED) is 0.237. The molecule has 0 saturated heterocycles. The lowest BCUT2D eigenvalue weighted by Crippen LogP contribution is -2.37. The lowest BCUT2D eigenvalue weighted by molar-refractivity contribution is -0.143. The third-order valence-corrected chi connectivity index (χ3v) is 1.36. The molecule has 0 rings (SSSR count). The third kappa shape index (κ3) is 5.02. The van der Waals surface area contributed by atoms with E-state index in [0.717, 1.165) is 0 Å². The van der Waals surface area contributed by atoms with Gasteiger partial charge in [-0.15, -0.1) is 6.42 Å². The van der Waals surface area contributed by atoms with Crippen LogP contribution >= 0.6 is 12.6 Å². The van der Waals surface area contributed by atoms with Gasteiger partial charge < -0.3 is 5.11 Å². The molecule has 2 N–H and O–H groups in total. The minimum absolute atomic E-state index is 0.0519. The van der Waals surface area contributed by atoms with Crippen LogP contribution in [-0.4, -0.2) is 29.5 Å². The molecule has 0 saturated carbocycles. The van der Waals surface area contributed by atoms with Crippen molar-refractivity contribution < 1.29 is 14.7 Å². The van der Waals surface area contributed by atoms with Crippen molar-refractivity contribution in [2.75, 3.05) is 12.4 Å². The summed E-state index contributed by atoms with van der Waals surface area (Å²) in [4.78, 5) is 15.1. The minimum Gasteiger partial charge on any atom is -0.480 e. The lowest BCUT2D eigenvalue weighted by atomic mass is 10.2. The number of carboxylic acid groups (broad SMARTS) is 1. The number of thiol groups is 1. The van der Waals surface area contributed by atoms with E-state index in [4.69, 9.17) is 11.5 Å². The van der Waals surface area contributed by atoms with Crippen LogP contribution in [0.4, 0.5) is 0 Å². The van der Waals surface area contributed by atoms with E-state index in [1.54, 1.807) is 0 Å². The zero-order valence-corrected chi connectivity index (χ0v) is 7.38. The van der Waals surface area contributed by atoms with Crippen molar-refractivity contribution in [1.29, 1.82) is 0 Å². The number of carboxylic acids is 1. The molecule has 0 aliphatic carbocycles. The first-order valence-corrected chi connectivity index (χ1v) is 4.00. The largest absolute Gasteiger partial charge is 0.480 e. The van der Waals surface area contributed by atoms with Crippen LogP contribution in [0.3, 0.4) is 0 Å². The molecule has 0 aliphatic heterocycles. The Bertz CT molecular complexity index is 178. The van der Waals surface area contributed by atoms with Crippen molar-refractivity contribution in [1.82, 2.24) is 5.48 Å². The van der Waals surface area contributed by atoms with Crippen molar-refractivity contribution in [3.63, 3.8) is 0 Å². The summed E-state index contributed by atoms with van der Waals surface area (Å²) in [7, 11) is 0. The molecule has 0 amide bonds. The molecule has 0 radical (unpaired) electrons. The average molecular weight is 189 g/mol. The van der Waals surface area contributed by atoms with Gasteiger partial charge in [0.15, 0.2) is 0 Å². The van der Waals surface area contributed by atoms with Crippen LogP contribution in [0.5, 0.6) is 0 Å². The van der Waals surface area contributed by atoms with Crippen molar-refractivity contribution in [2.45, 2.75) is 12.5 Å². The normalized spacial score (nSPS) is 12.0. The first-order valence-electron chi connectivity index (χ1n) is 3.36. The predicted molar refractivity (Wildman–Crippen MR) is 47.8 cm³/mol. The van der Waals surface area contributed by atoms with Crippen LogP contribution < -0.4 is 5.48 Å². The molecule has 0 bridgehead atoms. The van der Waals surface area contributed by atoms with Crippen molar-refractivity contribution in [3.05, 3.63) is 0 Å². The van der Waals surface area contributed by atoms with E-state index in [1.165, 1.54) is 0 Å². The molecule has 5 heteroatoms. The Morgan fingerprint density at radius 2 is 2.50 bits per heavy atom. The summed E-state index contributed by atoms with van der Waals surface area (Å²) in [5, 5.41) is 8.58. The number of hydroxylamine groups is 1. The van der Waals surface area contributed by atoms with Gasteiger partial charge in [0.05, 0.1) is 0 Å². The van der Waals surface area contributed by atoms with Crippen molar-refractivity contribution >= 4 is 18.6 Å². The van der Waals surface area contributed by atoms with Gasteiger partial charge in [0, 0.05) is 0 Å². The first-order chi connectivity index (χ1) is 5.72. The van der Waals surface area contributed by atoms with Gasteiger partial charge in [-0.2, -0.15) is 18.1 Å².